The largest absolute Gasteiger partial charge is 0.497 e. The van der Waals surface area contributed by atoms with E-state index in [1.165, 1.54) is 17.5 Å². The van der Waals surface area contributed by atoms with Gasteiger partial charge in [-0.2, -0.15) is 8.42 Å². The van der Waals surface area contributed by atoms with Crippen molar-refractivity contribution >= 4 is 10.1 Å². The van der Waals surface area contributed by atoms with Crippen LogP contribution >= 0.6 is 0 Å². The quantitative estimate of drug-likeness (QED) is 0.578. The van der Waals surface area contributed by atoms with Gasteiger partial charge in [0, 0.05) is 0 Å². The van der Waals surface area contributed by atoms with Crippen LogP contribution < -0.4 is 4.74 Å². The molecule has 5 rings (SSSR count). The molecule has 0 radical (unpaired) electrons. The summed E-state index contributed by atoms with van der Waals surface area (Å²) in [7, 11) is -2.02. The highest BCUT2D eigenvalue weighted by molar-refractivity contribution is 7.86. The van der Waals surface area contributed by atoms with Crippen molar-refractivity contribution in [3.8, 4) is 5.75 Å². The Balaban J connectivity index is 1.38. The highest BCUT2D eigenvalue weighted by Gasteiger charge is 2.56. The molecular weight excluding hydrogens is 408 g/mol. The van der Waals surface area contributed by atoms with Crippen molar-refractivity contribution in [3.63, 3.8) is 0 Å². The first-order valence-corrected chi connectivity index (χ1v) is 12.9. The number of fused-ring (bicyclic) bond motifs is 5. The van der Waals surface area contributed by atoms with E-state index in [9.17, 15) is 8.42 Å². The van der Waals surface area contributed by atoms with E-state index in [0.717, 1.165) is 43.4 Å². The van der Waals surface area contributed by atoms with Crippen molar-refractivity contribution in [2.24, 2.45) is 17.3 Å². The van der Waals surface area contributed by atoms with E-state index in [-0.39, 0.29) is 16.4 Å². The summed E-state index contributed by atoms with van der Waals surface area (Å²) in [6, 6.07) is 13.5. The van der Waals surface area contributed by atoms with Gasteiger partial charge in [-0.1, -0.05) is 30.7 Å². The summed E-state index contributed by atoms with van der Waals surface area (Å²) < 4.78 is 37.3. The Morgan fingerprint density at radius 1 is 1.00 bits per heavy atom. The molecule has 5 atom stereocenters. The van der Waals surface area contributed by atoms with Crippen LogP contribution in [0.25, 0.3) is 0 Å². The van der Waals surface area contributed by atoms with Crippen LogP contribution in [-0.2, 0) is 20.7 Å². The minimum absolute atomic E-state index is 0.0804. The normalized spacial score (nSPS) is 32.1. The lowest BCUT2D eigenvalue weighted by molar-refractivity contribution is -0.00804. The van der Waals surface area contributed by atoms with Crippen molar-refractivity contribution in [3.05, 3.63) is 59.2 Å². The van der Waals surface area contributed by atoms with Gasteiger partial charge in [-0.05, 0) is 104 Å². The van der Waals surface area contributed by atoms with E-state index in [2.05, 4.69) is 25.1 Å². The molecule has 0 aromatic heterocycles. The Morgan fingerprint density at radius 2 is 1.77 bits per heavy atom. The number of ether oxygens (including phenoxy) is 1. The van der Waals surface area contributed by atoms with Crippen LogP contribution in [0.4, 0.5) is 0 Å². The molecule has 166 valence electrons. The smallest absolute Gasteiger partial charge is 0.297 e. The lowest BCUT2D eigenvalue weighted by Gasteiger charge is -2.50. The van der Waals surface area contributed by atoms with Crippen molar-refractivity contribution in [2.45, 2.75) is 69.3 Å². The Bertz CT molecular complexity index is 1080. The summed E-state index contributed by atoms with van der Waals surface area (Å²) in [6.07, 6.45) is 6.00. The van der Waals surface area contributed by atoms with E-state index in [0.29, 0.717) is 17.8 Å². The van der Waals surface area contributed by atoms with Gasteiger partial charge in [-0.3, -0.25) is 4.18 Å². The number of hydrogen-bond donors (Lipinski definition) is 0. The summed E-state index contributed by atoms with van der Waals surface area (Å²) in [5.41, 5.74) is 3.87. The summed E-state index contributed by atoms with van der Waals surface area (Å²) in [6.45, 7) is 4.23. The van der Waals surface area contributed by atoms with E-state index < -0.39 is 10.1 Å². The third kappa shape index (κ3) is 3.50. The Kier molecular flexibility index (Phi) is 5.17. The molecule has 4 nitrogen and oxygen atoms in total. The fourth-order valence-corrected chi connectivity index (χ4v) is 7.91. The third-order valence-electron chi connectivity index (χ3n) is 8.40. The second kappa shape index (κ2) is 7.63. The molecule has 2 aromatic carbocycles. The van der Waals surface area contributed by atoms with Gasteiger partial charge < -0.3 is 4.74 Å². The average molecular weight is 441 g/mol. The van der Waals surface area contributed by atoms with Crippen molar-refractivity contribution in [2.75, 3.05) is 7.11 Å². The minimum Gasteiger partial charge on any atom is -0.497 e. The number of aryl methyl sites for hydroxylation is 2. The first-order valence-electron chi connectivity index (χ1n) is 11.5. The number of benzene rings is 2. The SMILES string of the molecule is COc1ccc2c(c1)CC[C@@H]1[C@@H]2CC[C@]2(C)[C@@H](OS(=O)(=O)c3ccc(C)cc3)CC[C@@H]12. The molecule has 3 aliphatic rings. The van der Waals surface area contributed by atoms with Crippen LogP contribution in [0.15, 0.2) is 47.4 Å². The van der Waals surface area contributed by atoms with Crippen molar-refractivity contribution in [1.29, 1.82) is 0 Å². The molecule has 2 aromatic rings. The van der Waals surface area contributed by atoms with Gasteiger partial charge in [0.15, 0.2) is 0 Å². The molecule has 0 unspecified atom stereocenters. The van der Waals surface area contributed by atoms with Gasteiger partial charge in [0.2, 0.25) is 0 Å². The molecule has 0 spiro atoms. The Morgan fingerprint density at radius 3 is 2.52 bits per heavy atom. The zero-order valence-electron chi connectivity index (χ0n) is 18.6. The average Bonchev–Trinajstić information content (AvgIpc) is 3.09. The number of hydrogen-bond acceptors (Lipinski definition) is 4. The first kappa shape index (κ1) is 21.0. The Hall–Kier alpha value is -1.85. The van der Waals surface area contributed by atoms with Crippen LogP contribution in [0, 0.1) is 24.2 Å². The Labute approximate surface area is 186 Å². The second-order valence-corrected chi connectivity index (χ2v) is 11.5. The molecule has 3 aliphatic carbocycles. The molecule has 0 saturated heterocycles. The van der Waals surface area contributed by atoms with Crippen LogP contribution in [-0.4, -0.2) is 21.6 Å². The van der Waals surface area contributed by atoms with Gasteiger partial charge in [0.25, 0.3) is 10.1 Å². The van der Waals surface area contributed by atoms with E-state index in [1.807, 2.05) is 19.1 Å². The monoisotopic (exact) mass is 440 g/mol. The minimum atomic E-state index is -3.75. The lowest BCUT2D eigenvalue weighted by Crippen LogP contribution is -2.45. The molecule has 2 fully saturated rings. The summed E-state index contributed by atoms with van der Waals surface area (Å²) >= 11 is 0. The number of rotatable bonds is 4. The summed E-state index contributed by atoms with van der Waals surface area (Å²) in [5.74, 6) is 2.63. The fourth-order valence-electron chi connectivity index (χ4n) is 6.71. The lowest BCUT2D eigenvalue weighted by atomic mass is 9.55. The van der Waals surface area contributed by atoms with Crippen LogP contribution in [0.1, 0.15) is 61.6 Å². The predicted molar refractivity (Wildman–Crippen MR) is 121 cm³/mol. The van der Waals surface area contributed by atoms with Crippen LogP contribution in [0.2, 0.25) is 0 Å². The van der Waals surface area contributed by atoms with Gasteiger partial charge in [-0.25, -0.2) is 0 Å². The molecule has 0 aliphatic heterocycles. The van der Waals surface area contributed by atoms with Gasteiger partial charge in [0.05, 0.1) is 18.1 Å². The van der Waals surface area contributed by atoms with E-state index in [1.54, 1.807) is 19.2 Å². The molecule has 0 amide bonds. The molecule has 0 bridgehead atoms. The first-order chi connectivity index (χ1) is 14.8. The molecular formula is C26H32O4S. The zero-order chi connectivity index (χ0) is 21.8. The standard InChI is InChI=1S/C26H32O4S/c1-17-4-8-20(9-5-17)31(27,28)30-25-13-12-24-23-10-6-18-16-19(29-3)7-11-21(18)22(23)14-15-26(24,25)2/h4-5,7-9,11,16,22-25H,6,10,12-15H2,1-3H3/t22-,23-,24+,25+,26+/m1/s1. The number of methoxy groups -OCH3 is 1. The van der Waals surface area contributed by atoms with Crippen LogP contribution in [0.3, 0.4) is 0 Å². The van der Waals surface area contributed by atoms with E-state index in [4.69, 9.17) is 8.92 Å². The third-order valence-corrected chi connectivity index (χ3v) is 9.73. The van der Waals surface area contributed by atoms with Crippen LogP contribution in [0.5, 0.6) is 5.75 Å². The fraction of sp³-hybridized carbons (Fsp3) is 0.538. The van der Waals surface area contributed by atoms with Gasteiger partial charge >= 0.3 is 0 Å². The molecule has 0 heterocycles. The zero-order valence-corrected chi connectivity index (χ0v) is 19.5. The maximum atomic E-state index is 13.0. The maximum Gasteiger partial charge on any atom is 0.297 e. The predicted octanol–water partition coefficient (Wildman–Crippen LogP) is 5.63. The second-order valence-electron chi connectivity index (χ2n) is 9.95. The maximum absolute atomic E-state index is 13.0. The highest BCUT2D eigenvalue weighted by Crippen LogP contribution is 2.61. The summed E-state index contributed by atoms with van der Waals surface area (Å²) in [4.78, 5) is 0.263. The summed E-state index contributed by atoms with van der Waals surface area (Å²) in [5, 5.41) is 0. The highest BCUT2D eigenvalue weighted by atomic mass is 32.2. The van der Waals surface area contributed by atoms with Gasteiger partial charge in [-0.15, -0.1) is 0 Å². The van der Waals surface area contributed by atoms with Gasteiger partial charge in [0.1, 0.15) is 5.75 Å². The van der Waals surface area contributed by atoms with Crippen molar-refractivity contribution < 1.29 is 17.3 Å². The molecule has 5 heteroatoms. The molecule has 2 saturated carbocycles. The van der Waals surface area contributed by atoms with E-state index >= 15 is 0 Å². The molecule has 31 heavy (non-hydrogen) atoms. The topological polar surface area (TPSA) is 52.6 Å². The molecule has 0 N–H and O–H groups in total. The van der Waals surface area contributed by atoms with Crippen molar-refractivity contribution in [1.82, 2.24) is 0 Å².